The van der Waals surface area contributed by atoms with E-state index >= 15 is 0 Å². The molecule has 0 aliphatic heterocycles. The van der Waals surface area contributed by atoms with Gasteiger partial charge in [-0.1, -0.05) is 12.1 Å². The number of nitrogens with zero attached hydrogens (tertiary/aromatic N) is 1. The Morgan fingerprint density at radius 2 is 1.86 bits per heavy atom. The smallest absolute Gasteiger partial charge is 0.238 e. The van der Waals surface area contributed by atoms with E-state index < -0.39 is 5.41 Å². The van der Waals surface area contributed by atoms with Crippen molar-refractivity contribution in [2.45, 2.75) is 20.3 Å². The number of amidine groups is 1. The van der Waals surface area contributed by atoms with Gasteiger partial charge in [0, 0.05) is 23.9 Å². The summed E-state index contributed by atoms with van der Waals surface area (Å²) in [6.45, 7) is 3.39. The second kappa shape index (κ2) is 6.83. The molecular formula is C14H21N3O4. The number of carbonyl (C=O) groups excluding carboxylic acids is 1. The van der Waals surface area contributed by atoms with Crippen LogP contribution in [0, 0.1) is 5.41 Å². The average molecular weight is 295 g/mol. The van der Waals surface area contributed by atoms with Gasteiger partial charge in [0.2, 0.25) is 5.91 Å². The predicted molar refractivity (Wildman–Crippen MR) is 80.0 cm³/mol. The molecule has 1 aromatic rings. The summed E-state index contributed by atoms with van der Waals surface area (Å²) >= 11 is 0. The van der Waals surface area contributed by atoms with Crippen LogP contribution in [-0.4, -0.2) is 31.2 Å². The molecule has 1 rings (SSSR count). The van der Waals surface area contributed by atoms with E-state index in [0.717, 1.165) is 0 Å². The lowest BCUT2D eigenvalue weighted by Crippen LogP contribution is -2.44. The Labute approximate surface area is 123 Å². The summed E-state index contributed by atoms with van der Waals surface area (Å²) in [6.07, 6.45) is 0.385. The number of nitrogens with one attached hydrogen (secondary N) is 1. The third-order valence-electron chi connectivity index (χ3n) is 3.49. The number of hydrogen-bond donors (Lipinski definition) is 3. The number of anilines is 1. The Morgan fingerprint density at radius 3 is 2.24 bits per heavy atom. The molecule has 7 nitrogen and oxygen atoms in total. The summed E-state index contributed by atoms with van der Waals surface area (Å²) in [7, 11) is 3.04. The van der Waals surface area contributed by atoms with Gasteiger partial charge in [0.15, 0.2) is 5.84 Å². The van der Waals surface area contributed by atoms with Crippen LogP contribution in [-0.2, 0) is 4.79 Å². The molecule has 1 unspecified atom stereocenters. The maximum Gasteiger partial charge on any atom is 0.238 e. The number of methoxy groups -OCH3 is 2. The van der Waals surface area contributed by atoms with Crippen LogP contribution < -0.4 is 20.5 Å². The molecule has 0 aliphatic carbocycles. The Bertz CT molecular complexity index is 523. The lowest BCUT2D eigenvalue weighted by Gasteiger charge is -2.25. The first-order valence-electron chi connectivity index (χ1n) is 6.43. The first kappa shape index (κ1) is 16.6. The number of benzene rings is 1. The molecule has 1 aromatic carbocycles. The molecule has 7 heteroatoms. The van der Waals surface area contributed by atoms with Gasteiger partial charge >= 0.3 is 0 Å². The van der Waals surface area contributed by atoms with E-state index in [9.17, 15) is 4.79 Å². The van der Waals surface area contributed by atoms with E-state index in [4.69, 9.17) is 20.4 Å². The number of nitrogens with two attached hydrogens (primary N) is 1. The summed E-state index contributed by atoms with van der Waals surface area (Å²) in [5.41, 5.74) is 5.01. The highest BCUT2D eigenvalue weighted by atomic mass is 16.5. The molecule has 21 heavy (non-hydrogen) atoms. The number of rotatable bonds is 6. The third-order valence-corrected chi connectivity index (χ3v) is 3.49. The molecule has 0 saturated carbocycles. The van der Waals surface area contributed by atoms with E-state index in [2.05, 4.69) is 10.5 Å². The van der Waals surface area contributed by atoms with E-state index in [1.165, 1.54) is 14.2 Å². The van der Waals surface area contributed by atoms with Crippen LogP contribution in [0.3, 0.4) is 0 Å². The summed E-state index contributed by atoms with van der Waals surface area (Å²) in [4.78, 5) is 12.4. The maximum atomic E-state index is 12.4. The second-order valence-corrected chi connectivity index (χ2v) is 4.73. The monoisotopic (exact) mass is 295 g/mol. The maximum absolute atomic E-state index is 12.4. The number of oxime groups is 1. The number of amides is 1. The quantitative estimate of drug-likeness (QED) is 0.321. The van der Waals surface area contributed by atoms with Crippen LogP contribution in [0.4, 0.5) is 5.69 Å². The van der Waals surface area contributed by atoms with Gasteiger partial charge < -0.3 is 25.7 Å². The van der Waals surface area contributed by atoms with Crippen LogP contribution in [0.25, 0.3) is 0 Å². The lowest BCUT2D eigenvalue weighted by molar-refractivity contribution is -0.121. The molecule has 0 fully saturated rings. The van der Waals surface area contributed by atoms with E-state index in [0.29, 0.717) is 23.6 Å². The Hall–Kier alpha value is -2.44. The number of ether oxygens (including phenoxy) is 2. The van der Waals surface area contributed by atoms with Crippen LogP contribution in [0.5, 0.6) is 11.5 Å². The van der Waals surface area contributed by atoms with Gasteiger partial charge in [0.05, 0.1) is 14.2 Å². The van der Waals surface area contributed by atoms with Gasteiger partial charge in [-0.05, 0) is 13.3 Å². The molecular weight excluding hydrogens is 274 g/mol. The fraction of sp³-hybridized carbons (Fsp3) is 0.429. The van der Waals surface area contributed by atoms with Gasteiger partial charge in [0.25, 0.3) is 0 Å². The largest absolute Gasteiger partial charge is 0.497 e. The van der Waals surface area contributed by atoms with Crippen molar-refractivity contribution < 1.29 is 19.5 Å². The highest BCUT2D eigenvalue weighted by molar-refractivity contribution is 6.11. The van der Waals surface area contributed by atoms with Crippen molar-refractivity contribution in [1.82, 2.24) is 0 Å². The van der Waals surface area contributed by atoms with Crippen molar-refractivity contribution in [3.05, 3.63) is 18.2 Å². The zero-order valence-corrected chi connectivity index (χ0v) is 12.6. The van der Waals surface area contributed by atoms with Crippen LogP contribution in [0.1, 0.15) is 20.3 Å². The Morgan fingerprint density at radius 1 is 1.33 bits per heavy atom. The van der Waals surface area contributed by atoms with Gasteiger partial charge in [-0.25, -0.2) is 0 Å². The molecule has 0 radical (unpaired) electrons. The minimum Gasteiger partial charge on any atom is -0.497 e. The fourth-order valence-electron chi connectivity index (χ4n) is 1.72. The summed E-state index contributed by atoms with van der Waals surface area (Å²) < 4.78 is 10.3. The van der Waals surface area contributed by atoms with Crippen molar-refractivity contribution >= 4 is 17.4 Å². The summed E-state index contributed by atoms with van der Waals surface area (Å²) in [5, 5.41) is 14.5. The fourth-order valence-corrected chi connectivity index (χ4v) is 1.72. The van der Waals surface area contributed by atoms with Crippen molar-refractivity contribution in [1.29, 1.82) is 0 Å². The standard InChI is InChI=1S/C14H21N3O4/c1-5-14(2,12(15)17-19)13(18)16-9-6-10(20-3)8-11(7-9)21-4/h6-8,19H,5H2,1-4H3,(H2,15,17)(H,16,18). The molecule has 1 atom stereocenters. The molecule has 0 heterocycles. The molecule has 0 aromatic heterocycles. The van der Waals surface area contributed by atoms with Crippen molar-refractivity contribution in [3.8, 4) is 11.5 Å². The molecule has 1 amide bonds. The van der Waals surface area contributed by atoms with Crippen molar-refractivity contribution in [2.24, 2.45) is 16.3 Å². The van der Waals surface area contributed by atoms with E-state index in [-0.39, 0.29) is 11.7 Å². The molecule has 116 valence electrons. The minimum absolute atomic E-state index is 0.141. The Balaban J connectivity index is 3.07. The normalized spacial score (nSPS) is 14.2. The summed E-state index contributed by atoms with van der Waals surface area (Å²) in [5.74, 6) is 0.575. The third kappa shape index (κ3) is 3.56. The van der Waals surface area contributed by atoms with Gasteiger partial charge in [0.1, 0.15) is 16.9 Å². The minimum atomic E-state index is -1.11. The zero-order chi connectivity index (χ0) is 16.0. The predicted octanol–water partition coefficient (Wildman–Crippen LogP) is 1.80. The molecule has 0 bridgehead atoms. The highest BCUT2D eigenvalue weighted by Crippen LogP contribution is 2.28. The second-order valence-electron chi connectivity index (χ2n) is 4.73. The molecule has 4 N–H and O–H groups in total. The molecule has 0 aliphatic rings. The molecule has 0 spiro atoms. The van der Waals surface area contributed by atoms with Gasteiger partial charge in [-0.15, -0.1) is 0 Å². The summed E-state index contributed by atoms with van der Waals surface area (Å²) in [6, 6.07) is 5.00. The van der Waals surface area contributed by atoms with Crippen molar-refractivity contribution in [3.63, 3.8) is 0 Å². The van der Waals surface area contributed by atoms with Crippen LogP contribution in [0.15, 0.2) is 23.4 Å². The van der Waals surface area contributed by atoms with Gasteiger partial charge in [-0.2, -0.15) is 0 Å². The highest BCUT2D eigenvalue weighted by Gasteiger charge is 2.36. The Kier molecular flexibility index (Phi) is 5.40. The van der Waals surface area contributed by atoms with Crippen LogP contribution in [0.2, 0.25) is 0 Å². The SMILES string of the molecule is CCC(C)(C(=O)Nc1cc(OC)cc(OC)c1)/C(N)=N/O. The molecule has 0 saturated heterocycles. The van der Waals surface area contributed by atoms with Crippen molar-refractivity contribution in [2.75, 3.05) is 19.5 Å². The van der Waals surface area contributed by atoms with E-state index in [1.54, 1.807) is 32.0 Å². The average Bonchev–Trinajstić information content (AvgIpc) is 2.52. The van der Waals surface area contributed by atoms with E-state index in [1.807, 2.05) is 0 Å². The van der Waals surface area contributed by atoms with Gasteiger partial charge in [-0.3, -0.25) is 4.79 Å². The lowest BCUT2D eigenvalue weighted by atomic mass is 9.85. The van der Waals surface area contributed by atoms with Crippen LogP contribution >= 0.6 is 0 Å². The topological polar surface area (TPSA) is 106 Å². The number of hydrogen-bond acceptors (Lipinski definition) is 5. The first-order valence-corrected chi connectivity index (χ1v) is 6.43. The first-order chi connectivity index (χ1) is 9.90. The number of carbonyl (C=O) groups is 1. The zero-order valence-electron chi connectivity index (χ0n) is 12.6.